The Labute approximate surface area is 728 Å². The summed E-state index contributed by atoms with van der Waals surface area (Å²) in [5.74, 6) is -14.2. The Hall–Kier alpha value is -11.8. The van der Waals surface area contributed by atoms with E-state index in [1.54, 1.807) is 77.9 Å². The normalized spacial score (nSPS) is 28.7. The van der Waals surface area contributed by atoms with E-state index in [2.05, 4.69) is 22.1 Å². The van der Waals surface area contributed by atoms with Crippen LogP contribution in [0.5, 0.6) is 17.2 Å². The van der Waals surface area contributed by atoms with Crippen LogP contribution in [0.15, 0.2) is 90.0 Å². The first-order valence-electron chi connectivity index (χ1n) is 40.9. The molecule has 2 bridgehead atoms. The molecule has 127 heavy (non-hydrogen) atoms. The van der Waals surface area contributed by atoms with E-state index in [1.165, 1.54) is 77.3 Å². The van der Waals surface area contributed by atoms with Gasteiger partial charge in [-0.25, -0.2) is 14.4 Å². The van der Waals surface area contributed by atoms with Crippen molar-refractivity contribution in [2.75, 3.05) is 33.4 Å². The molecule has 0 radical (unpaired) electrons. The van der Waals surface area contributed by atoms with Gasteiger partial charge in [-0.3, -0.25) is 72.1 Å². The number of carbonyl (C=O) groups is 16. The van der Waals surface area contributed by atoms with Crippen molar-refractivity contribution in [1.29, 1.82) is 0 Å². The minimum Gasteiger partial charge on any atom is -0.507 e. The maximum absolute atomic E-state index is 15.2. The summed E-state index contributed by atoms with van der Waals surface area (Å²) in [5.41, 5.74) is -1.65. The number of nitrogens with two attached hydrogens (primary N) is 2. The summed E-state index contributed by atoms with van der Waals surface area (Å²) in [6, 6.07) is 17.6. The number of phenolic OH excluding ortho intramolecular Hbond substituents is 2. The van der Waals surface area contributed by atoms with Crippen LogP contribution in [0.25, 0.3) is 0 Å². The van der Waals surface area contributed by atoms with E-state index in [0.717, 1.165) is 16.7 Å². The van der Waals surface area contributed by atoms with Gasteiger partial charge in [-0.15, -0.1) is 0 Å². The number of esters is 4. The summed E-state index contributed by atoms with van der Waals surface area (Å²) in [5, 5.41) is 87.3. The number of ketones is 4. The topological polar surface area (TPSA) is 612 Å². The molecule has 0 aromatic heterocycles. The molecule has 19 atom stereocenters. The van der Waals surface area contributed by atoms with Crippen molar-refractivity contribution in [2.24, 2.45) is 46.0 Å². The van der Waals surface area contributed by atoms with E-state index in [-0.39, 0.29) is 145 Å². The number of nitrogens with one attached hydrogen (secondary N) is 2. The molecule has 39 nitrogen and oxygen atoms in total. The number of amides is 8. The van der Waals surface area contributed by atoms with Crippen LogP contribution in [0.3, 0.4) is 0 Å². The molecule has 2 saturated carbocycles. The van der Waals surface area contributed by atoms with Crippen LogP contribution in [0.4, 0.5) is 4.79 Å². The van der Waals surface area contributed by atoms with Gasteiger partial charge in [-0.05, 0) is 89.3 Å². The lowest BCUT2D eigenvalue weighted by Gasteiger charge is -2.67. The Bertz CT molecular complexity index is 4990. The number of methoxy groups -OCH3 is 1. The zero-order valence-corrected chi connectivity index (χ0v) is 72.0. The van der Waals surface area contributed by atoms with E-state index < -0.39 is 238 Å². The summed E-state index contributed by atoms with van der Waals surface area (Å²) in [4.78, 5) is 207. The molecule has 9 aliphatic rings. The Morgan fingerprint density at radius 3 is 1.87 bits per heavy atom. The predicted octanol–water partition coefficient (Wildman–Crippen LogP) is 1.80. The first kappa shape index (κ1) is 99.0. The van der Waals surface area contributed by atoms with E-state index in [0.29, 0.717) is 0 Å². The fraction of sp³-hybridized carbons (Fsp3) is 0.523. The average molecular weight is 1780 g/mol. The molecule has 4 aliphatic heterocycles. The number of hydrogen-bond acceptors (Lipinski definition) is 32. The second-order valence-electron chi connectivity index (χ2n) is 34.2. The number of hydrogen-bond donors (Lipinski definition) is 11. The molecule has 4 heterocycles. The Morgan fingerprint density at radius 2 is 1.32 bits per heavy atom. The van der Waals surface area contributed by atoms with Gasteiger partial charge in [0.25, 0.3) is 0 Å². The zero-order chi connectivity index (χ0) is 93.1. The van der Waals surface area contributed by atoms with Crippen LogP contribution in [0, 0.1) is 34.5 Å². The Kier molecular flexibility index (Phi) is 30.9. The van der Waals surface area contributed by atoms with Crippen molar-refractivity contribution in [3.05, 3.63) is 135 Å². The molecule has 688 valence electrons. The van der Waals surface area contributed by atoms with Gasteiger partial charge in [-0.2, -0.15) is 0 Å². The number of primary amides is 2. The van der Waals surface area contributed by atoms with Gasteiger partial charge in [0.1, 0.15) is 71.6 Å². The molecular formula is C88H108N6O33. The van der Waals surface area contributed by atoms with Crippen LogP contribution in [0.2, 0.25) is 0 Å². The first-order chi connectivity index (χ1) is 59.3. The maximum atomic E-state index is 15.2. The number of nitrogens with zero attached hydrogens (tertiary/aromatic N) is 2. The molecule has 3 unspecified atom stereocenters. The first-order valence-corrected chi connectivity index (χ1v) is 40.9. The predicted molar refractivity (Wildman–Crippen MR) is 436 cm³/mol. The number of alkyl carbamates (subject to hydrolysis) is 1. The molecular weight excluding hydrogens is 1670 g/mol. The molecule has 4 aromatic carbocycles. The lowest BCUT2D eigenvalue weighted by atomic mass is 9.44. The second-order valence-corrected chi connectivity index (χ2v) is 34.2. The van der Waals surface area contributed by atoms with Crippen LogP contribution in [-0.2, 0) is 102 Å². The fourth-order valence-electron chi connectivity index (χ4n) is 18.6. The highest BCUT2D eigenvalue weighted by Crippen LogP contribution is 2.65. The number of fused-ring (bicyclic) bond motifs is 8. The van der Waals surface area contributed by atoms with E-state index in [4.69, 9.17) is 52.2 Å². The second kappa shape index (κ2) is 39.6. The van der Waals surface area contributed by atoms with Gasteiger partial charge in [0.15, 0.2) is 29.2 Å². The third kappa shape index (κ3) is 19.4. The molecule has 13 rings (SSSR count). The number of Topliss-reactive ketones (excluding diaryl/α,β-unsaturated/α-hetero) is 2. The number of carbonyl (C=O) groups excluding carboxylic acids is 16. The van der Waals surface area contributed by atoms with Gasteiger partial charge in [0.05, 0.1) is 78.1 Å². The monoisotopic (exact) mass is 1780 g/mol. The number of benzene rings is 4. The third-order valence-electron chi connectivity index (χ3n) is 24.9. The van der Waals surface area contributed by atoms with Gasteiger partial charge >= 0.3 is 30.0 Å². The van der Waals surface area contributed by atoms with Crippen LogP contribution >= 0.6 is 0 Å². The summed E-state index contributed by atoms with van der Waals surface area (Å²) >= 11 is 0. The molecule has 39 heteroatoms. The number of rotatable bonds is 21. The van der Waals surface area contributed by atoms with Gasteiger partial charge in [0.2, 0.25) is 54.2 Å². The molecule has 4 saturated heterocycles. The van der Waals surface area contributed by atoms with Gasteiger partial charge < -0.3 is 106 Å². The largest absolute Gasteiger partial charge is 0.507 e. The molecule has 8 amide bonds. The molecule has 5 aliphatic carbocycles. The van der Waals surface area contributed by atoms with Crippen molar-refractivity contribution < 1.29 is 161 Å². The van der Waals surface area contributed by atoms with Crippen molar-refractivity contribution in [3.8, 4) is 17.2 Å². The number of ether oxygens (including phenoxy) is 9. The number of likely N-dealkylation sites (tertiary alicyclic amines) is 2. The quantitative estimate of drug-likeness (QED) is 0.0125. The highest BCUT2D eigenvalue weighted by atomic mass is 16.7. The Balaban J connectivity index is 0.000000281. The summed E-state index contributed by atoms with van der Waals surface area (Å²) in [7, 11) is 1.32. The van der Waals surface area contributed by atoms with Crippen molar-refractivity contribution in [3.63, 3.8) is 0 Å². The molecule has 0 spiro atoms. The smallest absolute Gasteiger partial charge is 0.408 e. The number of phenols is 2. The summed E-state index contributed by atoms with van der Waals surface area (Å²) in [6.07, 6.45) is -17.3. The van der Waals surface area contributed by atoms with Crippen LogP contribution in [0.1, 0.15) is 199 Å². The molecule has 15 N–H and O–H groups in total. The standard InChI is InChI=1S/C51H62N2O17.C35H38N2O13.2CH3NO.H2O/c1-26-22-34(56)53(43(26)60)21-20-35(57)67-39(37(29-16-12-10-13-17-29)52-46(63)70-47(4,5)6)45(62)66-31-24-51(64)42(68-44(61)30-18-14-11-15-19-30)40-49(9,41(59)38(58)36(27(31)2)48(51,7)8)32(55)23-33-50(40,25-65-33)69-28(3)54;1-14-9-24(41)37(35(14)47)8-7-23(40)36-19-12-25(49-15(2)30(19)42)50-22-11-16(20(39)13-38)10-18-27(22)34(46)29-28(32(18)44)31(43)17-5-4-6-21(48-3)26(17)33(29)45;2*2-1-3;/h10-19,26,31-33,37-40,42,55,58,64H,20-25H2,1-9H3,(H,52,63);4-6,14-16,19,22,25,30,38,42,44,46H,7-13H2,1-3H3,(H,36,40);2*1H,(H2,2,3);1H2/t26?,31-,32+,33-,37+,38-,39-,40-,42+,49-,50+,51-;14?,15-,16?,19-,22-,25-,30+;;;/m10.../s1. The van der Waals surface area contributed by atoms with Crippen molar-refractivity contribution >= 4 is 95.5 Å². The Morgan fingerprint density at radius 1 is 0.740 bits per heavy atom. The maximum Gasteiger partial charge on any atom is 0.408 e. The van der Waals surface area contributed by atoms with Crippen LogP contribution < -0.4 is 26.8 Å². The van der Waals surface area contributed by atoms with Gasteiger partial charge in [0, 0.05) is 98.4 Å². The zero-order valence-electron chi connectivity index (χ0n) is 72.0. The lowest BCUT2D eigenvalue weighted by Crippen LogP contribution is -2.81. The number of aromatic hydroxyl groups is 2. The summed E-state index contributed by atoms with van der Waals surface area (Å²) in [6.45, 7) is 14.9. The SMILES string of the molecule is CC(=O)O[C@@]12CO[C@@H]1C[C@H](O)[C@@]1(C)C(=O)[C@H](O)C3=C(C)[C@H](OC(=O)[C@H](OC(=O)CCN4C(=O)CC(C)C4=O)[C@@H](NC(=O)OC(C)(C)C)c4ccccc4)C[C@@](O)([C@@H](OC(=O)c4ccccc4)[C@@H]21)C3(C)C.COc1cccc2c1C(=O)c1c(O)c3c(c(O)c1C2=O)CC(C(=O)CO)C[C@@H]3O[C@H]1C[C@H](NC(=O)CCN2C(=O)CC(C)C2=O)[C@H](O)[C@H](C)O1.NC=O.NC=O.O. The third-order valence-corrected chi connectivity index (χ3v) is 24.9. The van der Waals surface area contributed by atoms with Crippen molar-refractivity contribution in [1.82, 2.24) is 20.4 Å². The van der Waals surface area contributed by atoms with Crippen LogP contribution in [-0.4, -0.2) is 258 Å². The van der Waals surface area contributed by atoms with Crippen molar-refractivity contribution in [2.45, 2.75) is 224 Å². The number of imide groups is 2. The van der Waals surface area contributed by atoms with E-state index >= 15 is 9.59 Å². The summed E-state index contributed by atoms with van der Waals surface area (Å²) < 4.78 is 53.5. The minimum absolute atomic E-state index is 0. The average Bonchev–Trinajstić information content (AvgIpc) is 1.03. The lowest BCUT2D eigenvalue weighted by molar-refractivity contribution is -0.346. The van der Waals surface area contributed by atoms with E-state index in [9.17, 15) is 93.3 Å². The minimum atomic E-state index is -2.47. The molecule has 4 aromatic rings. The number of aliphatic hydroxyl groups excluding tert-OH is 4. The fourth-order valence-corrected chi connectivity index (χ4v) is 18.6. The molecule has 6 fully saturated rings. The highest BCUT2D eigenvalue weighted by Gasteiger charge is 2.78. The highest BCUT2D eigenvalue weighted by molar-refractivity contribution is 6.31. The number of aliphatic hydroxyl groups is 5. The van der Waals surface area contributed by atoms with Gasteiger partial charge in [-0.1, -0.05) is 88.4 Å². The van der Waals surface area contributed by atoms with E-state index in [1.807, 2.05) is 0 Å².